The van der Waals surface area contributed by atoms with E-state index in [1.807, 2.05) is 4.90 Å². The first-order valence-electron chi connectivity index (χ1n) is 6.82. The van der Waals surface area contributed by atoms with Crippen LogP contribution >= 0.6 is 0 Å². The Morgan fingerprint density at radius 1 is 1.24 bits per heavy atom. The van der Waals surface area contributed by atoms with Gasteiger partial charge in [-0.1, -0.05) is 21.3 Å². The van der Waals surface area contributed by atoms with Crippen LogP contribution in [0, 0.1) is 0 Å². The van der Waals surface area contributed by atoms with E-state index in [1.165, 1.54) is 6.42 Å². The molecule has 0 aromatic carbocycles. The van der Waals surface area contributed by atoms with Crippen molar-refractivity contribution in [3.63, 3.8) is 0 Å². The molecule has 0 unspecified atom stereocenters. The molecule has 1 fully saturated rings. The molecule has 1 aromatic heterocycles. The van der Waals surface area contributed by atoms with Crippen molar-refractivity contribution in [3.8, 4) is 5.88 Å². The van der Waals surface area contributed by atoms with Crippen molar-refractivity contribution < 1.29 is 9.53 Å². The van der Waals surface area contributed by atoms with E-state index < -0.39 is 0 Å². The number of pyridine rings is 1. The quantitative estimate of drug-likeness (QED) is 0.911. The van der Waals surface area contributed by atoms with Gasteiger partial charge < -0.3 is 15.0 Å². The average molecular weight is 295 g/mol. The van der Waals surface area contributed by atoms with Gasteiger partial charge in [0, 0.05) is 25.8 Å². The van der Waals surface area contributed by atoms with Crippen LogP contribution in [0.1, 0.15) is 44.5 Å². The predicted molar refractivity (Wildman–Crippen MR) is 86.9 cm³/mol. The number of aromatic nitrogens is 1. The van der Waals surface area contributed by atoms with E-state index in [4.69, 9.17) is 4.74 Å². The van der Waals surface area contributed by atoms with Crippen molar-refractivity contribution in [2.75, 3.05) is 33.3 Å². The van der Waals surface area contributed by atoms with Crippen LogP contribution in [0.4, 0.5) is 0 Å². The molecule has 1 aliphatic heterocycles. The molecule has 1 aromatic rings. The number of nitrogens with one attached hydrogen (secondary N) is 1. The van der Waals surface area contributed by atoms with Gasteiger partial charge in [0.15, 0.2) is 0 Å². The summed E-state index contributed by atoms with van der Waals surface area (Å²) < 4.78 is 5.16. The van der Waals surface area contributed by atoms with Crippen LogP contribution in [0.2, 0.25) is 0 Å². The standard InChI is InChI=1S/C14H21N3O2.2CH4/c1-19-13-12(6-5-8-16-13)14(18)17-10-4-2-3-7-15-9-11-17;;/h5-6,8,15H,2-4,7,9-11H2,1H3;2*1H4. The van der Waals surface area contributed by atoms with E-state index in [2.05, 4.69) is 10.3 Å². The van der Waals surface area contributed by atoms with E-state index in [0.29, 0.717) is 11.4 Å². The lowest BCUT2D eigenvalue weighted by atomic mass is 10.2. The third kappa shape index (κ3) is 5.34. The van der Waals surface area contributed by atoms with Crippen LogP contribution in [-0.4, -0.2) is 49.1 Å². The Hall–Kier alpha value is -1.62. The number of hydrogen-bond donors (Lipinski definition) is 1. The fourth-order valence-corrected chi connectivity index (χ4v) is 2.27. The minimum absolute atomic E-state index is 0. The summed E-state index contributed by atoms with van der Waals surface area (Å²) in [6, 6.07) is 3.54. The predicted octanol–water partition coefficient (Wildman–Crippen LogP) is 2.58. The van der Waals surface area contributed by atoms with Crippen molar-refractivity contribution in [1.82, 2.24) is 15.2 Å². The first-order chi connectivity index (χ1) is 9.33. The first kappa shape index (κ1) is 19.4. The van der Waals surface area contributed by atoms with Gasteiger partial charge in [-0.3, -0.25) is 4.79 Å². The van der Waals surface area contributed by atoms with Gasteiger partial charge >= 0.3 is 0 Å². The average Bonchev–Trinajstić information content (AvgIpc) is 2.60. The lowest BCUT2D eigenvalue weighted by Gasteiger charge is -2.22. The van der Waals surface area contributed by atoms with E-state index in [9.17, 15) is 4.79 Å². The molecule has 5 nitrogen and oxygen atoms in total. The molecule has 0 bridgehead atoms. The van der Waals surface area contributed by atoms with Gasteiger partial charge in [0.1, 0.15) is 5.56 Å². The monoisotopic (exact) mass is 295 g/mol. The number of rotatable bonds is 2. The molecule has 0 saturated carbocycles. The molecular weight excluding hydrogens is 266 g/mol. The number of carbonyl (C=O) groups excluding carboxylic acids is 1. The Labute approximate surface area is 128 Å². The number of methoxy groups -OCH3 is 1. The minimum Gasteiger partial charge on any atom is -0.480 e. The van der Waals surface area contributed by atoms with Crippen molar-refractivity contribution >= 4 is 5.91 Å². The zero-order chi connectivity index (χ0) is 13.5. The van der Waals surface area contributed by atoms with Gasteiger partial charge in [0.05, 0.1) is 7.11 Å². The Bertz CT molecular complexity index is 414. The van der Waals surface area contributed by atoms with Gasteiger partial charge in [-0.15, -0.1) is 0 Å². The molecule has 1 N–H and O–H groups in total. The summed E-state index contributed by atoms with van der Waals surface area (Å²) in [6.45, 7) is 3.42. The molecular formula is C16H29N3O2. The minimum atomic E-state index is 0. The third-order valence-corrected chi connectivity index (χ3v) is 3.32. The van der Waals surface area contributed by atoms with Crippen LogP contribution in [0.15, 0.2) is 18.3 Å². The molecule has 1 saturated heterocycles. The fourth-order valence-electron chi connectivity index (χ4n) is 2.27. The van der Waals surface area contributed by atoms with E-state index in [0.717, 1.165) is 39.0 Å². The largest absolute Gasteiger partial charge is 0.480 e. The Kier molecular flexibility index (Phi) is 9.37. The van der Waals surface area contributed by atoms with Gasteiger partial charge in [0.25, 0.3) is 5.91 Å². The Morgan fingerprint density at radius 2 is 2.05 bits per heavy atom. The fraction of sp³-hybridized carbons (Fsp3) is 0.625. The molecule has 120 valence electrons. The van der Waals surface area contributed by atoms with Crippen LogP contribution in [0.3, 0.4) is 0 Å². The number of nitrogens with zero attached hydrogens (tertiary/aromatic N) is 2. The maximum absolute atomic E-state index is 12.5. The highest BCUT2D eigenvalue weighted by molar-refractivity contribution is 5.96. The summed E-state index contributed by atoms with van der Waals surface area (Å²) >= 11 is 0. The summed E-state index contributed by atoms with van der Waals surface area (Å²) in [5, 5.41) is 3.35. The van der Waals surface area contributed by atoms with Crippen molar-refractivity contribution in [3.05, 3.63) is 23.9 Å². The molecule has 0 atom stereocenters. The Balaban J connectivity index is 0.00000200. The summed E-state index contributed by atoms with van der Waals surface area (Å²) in [7, 11) is 1.54. The number of hydrogen-bond acceptors (Lipinski definition) is 4. The normalized spacial score (nSPS) is 15.6. The molecule has 2 heterocycles. The third-order valence-electron chi connectivity index (χ3n) is 3.32. The van der Waals surface area contributed by atoms with E-state index in [-0.39, 0.29) is 20.8 Å². The molecule has 1 aliphatic rings. The Morgan fingerprint density at radius 3 is 2.81 bits per heavy atom. The molecule has 0 spiro atoms. The van der Waals surface area contributed by atoms with Gasteiger partial charge in [-0.2, -0.15) is 0 Å². The SMILES string of the molecule is C.C.COc1ncccc1C(=O)N1CCCCCNCC1. The zero-order valence-corrected chi connectivity index (χ0v) is 11.4. The highest BCUT2D eigenvalue weighted by Crippen LogP contribution is 2.16. The highest BCUT2D eigenvalue weighted by Gasteiger charge is 2.20. The number of amides is 1. The summed E-state index contributed by atoms with van der Waals surface area (Å²) in [4.78, 5) is 18.5. The van der Waals surface area contributed by atoms with Crippen molar-refractivity contribution in [1.29, 1.82) is 0 Å². The second-order valence-electron chi connectivity index (χ2n) is 4.66. The molecule has 21 heavy (non-hydrogen) atoms. The van der Waals surface area contributed by atoms with Gasteiger partial charge in [0.2, 0.25) is 5.88 Å². The van der Waals surface area contributed by atoms with Crippen LogP contribution < -0.4 is 10.1 Å². The van der Waals surface area contributed by atoms with Crippen LogP contribution in [-0.2, 0) is 0 Å². The smallest absolute Gasteiger partial charge is 0.259 e. The van der Waals surface area contributed by atoms with Gasteiger partial charge in [-0.25, -0.2) is 4.98 Å². The molecule has 0 radical (unpaired) electrons. The zero-order valence-electron chi connectivity index (χ0n) is 11.4. The second kappa shape index (κ2) is 10.2. The van der Waals surface area contributed by atoms with Gasteiger partial charge in [-0.05, 0) is 31.5 Å². The highest BCUT2D eigenvalue weighted by atomic mass is 16.5. The van der Waals surface area contributed by atoms with Crippen molar-refractivity contribution in [2.24, 2.45) is 0 Å². The maximum atomic E-state index is 12.5. The maximum Gasteiger partial charge on any atom is 0.259 e. The molecule has 0 aliphatic carbocycles. The summed E-state index contributed by atoms with van der Waals surface area (Å²) in [5.74, 6) is 0.411. The first-order valence-corrected chi connectivity index (χ1v) is 6.82. The van der Waals surface area contributed by atoms with E-state index >= 15 is 0 Å². The summed E-state index contributed by atoms with van der Waals surface area (Å²) in [5.41, 5.74) is 0.546. The molecule has 1 amide bonds. The molecule has 2 rings (SSSR count). The second-order valence-corrected chi connectivity index (χ2v) is 4.66. The topological polar surface area (TPSA) is 54.5 Å². The van der Waals surface area contributed by atoms with Crippen LogP contribution in [0.25, 0.3) is 0 Å². The van der Waals surface area contributed by atoms with Crippen LogP contribution in [0.5, 0.6) is 5.88 Å². The number of ether oxygens (including phenoxy) is 1. The molecule has 5 heteroatoms. The summed E-state index contributed by atoms with van der Waals surface area (Å²) in [6.07, 6.45) is 5.02. The number of carbonyl (C=O) groups is 1. The van der Waals surface area contributed by atoms with Crippen molar-refractivity contribution in [2.45, 2.75) is 34.1 Å². The lowest BCUT2D eigenvalue weighted by Crippen LogP contribution is -2.37. The lowest BCUT2D eigenvalue weighted by molar-refractivity contribution is 0.0752. The van der Waals surface area contributed by atoms with E-state index in [1.54, 1.807) is 25.4 Å².